The van der Waals surface area contributed by atoms with Gasteiger partial charge in [-0.3, -0.25) is 18.7 Å². The van der Waals surface area contributed by atoms with Gasteiger partial charge in [-0.15, -0.1) is 0 Å². The number of rotatable bonds is 4. The van der Waals surface area contributed by atoms with Crippen LogP contribution in [0.3, 0.4) is 0 Å². The van der Waals surface area contributed by atoms with Crippen LogP contribution in [0, 0.1) is 13.8 Å². The van der Waals surface area contributed by atoms with Crippen LogP contribution in [0.1, 0.15) is 32.2 Å². The Hall–Kier alpha value is -3.10. The number of nitrogen functional groups attached to an aromatic ring is 1. The lowest BCUT2D eigenvalue weighted by molar-refractivity contribution is 0.0472. The second kappa shape index (κ2) is 6.19. The normalized spacial score (nSPS) is 10.7. The number of carbonyl (C=O) groups is 2. The summed E-state index contributed by atoms with van der Waals surface area (Å²) in [6.45, 7) is 2.58. The zero-order valence-corrected chi connectivity index (χ0v) is 13.7. The monoisotopic (exact) mass is 335 g/mol. The van der Waals surface area contributed by atoms with Crippen LogP contribution in [0.25, 0.3) is 0 Å². The Kier molecular flexibility index (Phi) is 4.45. The Morgan fingerprint density at radius 2 is 1.83 bits per heavy atom. The highest BCUT2D eigenvalue weighted by molar-refractivity contribution is 6.02. The largest absolute Gasteiger partial charge is 0.466 e. The van der Waals surface area contributed by atoms with Crippen LogP contribution < -0.4 is 17.0 Å². The summed E-state index contributed by atoms with van der Waals surface area (Å²) in [6, 6.07) is 1.49. The minimum absolute atomic E-state index is 0.196. The van der Waals surface area contributed by atoms with Crippen molar-refractivity contribution in [3.63, 3.8) is 0 Å². The Morgan fingerprint density at radius 1 is 1.21 bits per heavy atom. The molecule has 0 aromatic carbocycles. The van der Waals surface area contributed by atoms with Gasteiger partial charge in [-0.05, 0) is 19.9 Å². The lowest BCUT2D eigenvalue weighted by Gasteiger charge is -2.10. The summed E-state index contributed by atoms with van der Waals surface area (Å²) in [6.07, 6.45) is 0. The number of Topliss-reactive ketones (excluding diaryl/α,β-unsaturated/α-hetero) is 1. The first-order valence-electron chi connectivity index (χ1n) is 6.98. The van der Waals surface area contributed by atoms with Gasteiger partial charge in [0, 0.05) is 14.1 Å². The van der Waals surface area contributed by atoms with E-state index in [1.54, 1.807) is 13.8 Å². The SMILES string of the molecule is Cc1cc(C(=O)OCC(=O)c2c(N)n(C)c(=O)n(C)c2=O)c(C)o1. The van der Waals surface area contributed by atoms with Crippen molar-refractivity contribution < 1.29 is 18.7 Å². The maximum atomic E-state index is 12.2. The molecule has 2 heterocycles. The van der Waals surface area contributed by atoms with E-state index >= 15 is 0 Å². The summed E-state index contributed by atoms with van der Waals surface area (Å²) in [4.78, 5) is 48.0. The van der Waals surface area contributed by atoms with E-state index < -0.39 is 35.2 Å². The highest BCUT2D eigenvalue weighted by atomic mass is 16.5. The molecule has 128 valence electrons. The molecule has 0 unspecified atom stereocenters. The number of esters is 1. The summed E-state index contributed by atoms with van der Waals surface area (Å²) < 4.78 is 11.9. The molecule has 2 N–H and O–H groups in total. The lowest BCUT2D eigenvalue weighted by Crippen LogP contribution is -2.42. The molecule has 2 aromatic heterocycles. The molecule has 0 amide bonds. The number of hydrogen-bond donors (Lipinski definition) is 1. The fourth-order valence-corrected chi connectivity index (χ4v) is 2.24. The van der Waals surface area contributed by atoms with Crippen LogP contribution in [-0.2, 0) is 18.8 Å². The van der Waals surface area contributed by atoms with Crippen molar-refractivity contribution in [2.45, 2.75) is 13.8 Å². The molecule has 0 fully saturated rings. The maximum absolute atomic E-state index is 12.2. The fourth-order valence-electron chi connectivity index (χ4n) is 2.24. The molecular weight excluding hydrogens is 318 g/mol. The predicted octanol–water partition coefficient (Wildman–Crippen LogP) is -0.0843. The Labute approximate surface area is 136 Å². The number of anilines is 1. The van der Waals surface area contributed by atoms with Crippen LogP contribution in [-0.4, -0.2) is 27.5 Å². The van der Waals surface area contributed by atoms with Crippen molar-refractivity contribution in [3.05, 3.63) is 49.6 Å². The summed E-state index contributed by atoms with van der Waals surface area (Å²) >= 11 is 0. The topological polar surface area (TPSA) is 127 Å². The van der Waals surface area contributed by atoms with Crippen molar-refractivity contribution in [1.82, 2.24) is 9.13 Å². The van der Waals surface area contributed by atoms with Crippen LogP contribution in [0.2, 0.25) is 0 Å². The third-order valence-corrected chi connectivity index (χ3v) is 3.58. The molecule has 0 saturated carbocycles. The van der Waals surface area contributed by atoms with Gasteiger partial charge in [0.05, 0.1) is 0 Å². The van der Waals surface area contributed by atoms with Crippen molar-refractivity contribution >= 4 is 17.6 Å². The van der Waals surface area contributed by atoms with Gasteiger partial charge in [-0.2, -0.15) is 0 Å². The van der Waals surface area contributed by atoms with E-state index in [4.69, 9.17) is 14.9 Å². The quantitative estimate of drug-likeness (QED) is 0.611. The Morgan fingerprint density at radius 3 is 2.38 bits per heavy atom. The summed E-state index contributed by atoms with van der Waals surface area (Å²) in [5, 5.41) is 0. The van der Waals surface area contributed by atoms with Gasteiger partial charge in [0.1, 0.15) is 28.5 Å². The first-order valence-corrected chi connectivity index (χ1v) is 6.98. The zero-order valence-electron chi connectivity index (χ0n) is 13.7. The third-order valence-electron chi connectivity index (χ3n) is 3.58. The number of aryl methyl sites for hydroxylation is 2. The number of hydrogen-bond acceptors (Lipinski definition) is 7. The van der Waals surface area contributed by atoms with Crippen LogP contribution in [0.15, 0.2) is 20.1 Å². The Bertz CT molecular complexity index is 947. The molecule has 0 saturated heterocycles. The molecule has 0 bridgehead atoms. The molecule has 0 atom stereocenters. The first kappa shape index (κ1) is 17.3. The molecule has 2 rings (SSSR count). The molecule has 0 aliphatic rings. The molecule has 0 radical (unpaired) electrons. The average Bonchev–Trinajstić information content (AvgIpc) is 2.87. The van der Waals surface area contributed by atoms with Crippen molar-refractivity contribution in [3.8, 4) is 0 Å². The second-order valence-corrected chi connectivity index (χ2v) is 5.29. The average molecular weight is 335 g/mol. The maximum Gasteiger partial charge on any atom is 0.342 e. The number of nitrogens with two attached hydrogens (primary N) is 1. The Balaban J connectivity index is 2.26. The molecule has 0 aliphatic carbocycles. The minimum atomic E-state index is -0.841. The lowest BCUT2D eigenvalue weighted by atomic mass is 10.2. The van der Waals surface area contributed by atoms with Gasteiger partial charge < -0.3 is 14.9 Å². The van der Waals surface area contributed by atoms with E-state index in [1.807, 2.05) is 0 Å². The summed E-state index contributed by atoms with van der Waals surface area (Å²) in [7, 11) is 2.56. The van der Waals surface area contributed by atoms with Gasteiger partial charge >= 0.3 is 11.7 Å². The second-order valence-electron chi connectivity index (χ2n) is 5.29. The van der Waals surface area contributed by atoms with Crippen molar-refractivity contribution in [1.29, 1.82) is 0 Å². The van der Waals surface area contributed by atoms with Gasteiger partial charge in [0.15, 0.2) is 6.61 Å². The van der Waals surface area contributed by atoms with Crippen molar-refractivity contribution in [2.24, 2.45) is 14.1 Å². The number of ether oxygens (including phenoxy) is 1. The smallest absolute Gasteiger partial charge is 0.342 e. The van der Waals surface area contributed by atoms with Gasteiger partial charge in [0.2, 0.25) is 5.78 Å². The molecule has 0 aliphatic heterocycles. The highest BCUT2D eigenvalue weighted by Gasteiger charge is 2.22. The molecular formula is C15H17N3O6. The van der Waals surface area contributed by atoms with E-state index in [1.165, 1.54) is 20.2 Å². The molecule has 24 heavy (non-hydrogen) atoms. The zero-order chi connectivity index (χ0) is 18.2. The third kappa shape index (κ3) is 2.87. The van der Waals surface area contributed by atoms with E-state index in [-0.39, 0.29) is 11.4 Å². The standard InChI is InChI=1S/C15H17N3O6/c1-7-5-9(8(2)24-7)14(21)23-6-10(19)11-12(16)17(3)15(22)18(4)13(11)20/h5H,6,16H2,1-4H3. The van der Waals surface area contributed by atoms with Gasteiger partial charge in [-0.25, -0.2) is 9.59 Å². The van der Waals surface area contributed by atoms with E-state index in [0.29, 0.717) is 11.5 Å². The number of aromatic nitrogens is 2. The minimum Gasteiger partial charge on any atom is -0.466 e. The van der Waals surface area contributed by atoms with Crippen LogP contribution in [0.5, 0.6) is 0 Å². The summed E-state index contributed by atoms with van der Waals surface area (Å²) in [5.74, 6) is -0.934. The molecule has 9 nitrogen and oxygen atoms in total. The number of nitrogens with zero attached hydrogens (tertiary/aromatic N) is 2. The number of furan rings is 1. The van der Waals surface area contributed by atoms with Crippen molar-refractivity contribution in [2.75, 3.05) is 12.3 Å². The van der Waals surface area contributed by atoms with Gasteiger partial charge in [0.25, 0.3) is 5.56 Å². The molecule has 2 aromatic rings. The molecule has 9 heteroatoms. The molecule has 0 spiro atoms. The first-order chi connectivity index (χ1) is 11.1. The predicted molar refractivity (Wildman–Crippen MR) is 84.1 cm³/mol. The van der Waals surface area contributed by atoms with E-state index in [9.17, 15) is 19.2 Å². The van der Waals surface area contributed by atoms with Crippen LogP contribution >= 0.6 is 0 Å². The number of ketones is 1. The van der Waals surface area contributed by atoms with Gasteiger partial charge in [-0.1, -0.05) is 0 Å². The van der Waals surface area contributed by atoms with Crippen LogP contribution in [0.4, 0.5) is 5.82 Å². The highest BCUT2D eigenvalue weighted by Crippen LogP contribution is 2.15. The summed E-state index contributed by atoms with van der Waals surface area (Å²) in [5.41, 5.74) is 3.97. The van der Waals surface area contributed by atoms with E-state index in [2.05, 4.69) is 0 Å². The van der Waals surface area contributed by atoms with E-state index in [0.717, 1.165) is 9.13 Å². The fraction of sp³-hybridized carbons (Fsp3) is 0.333. The number of carbonyl (C=O) groups excluding carboxylic acids is 2.